The molecule has 0 aromatic heterocycles. The van der Waals surface area contributed by atoms with Gasteiger partial charge >= 0.3 is 5.97 Å². The summed E-state index contributed by atoms with van der Waals surface area (Å²) in [5.74, 6) is 0.329. The Kier molecular flexibility index (Phi) is 3.85. The lowest BCUT2D eigenvalue weighted by Crippen LogP contribution is -2.05. The second-order valence-electron chi connectivity index (χ2n) is 4.21. The predicted molar refractivity (Wildman–Crippen MR) is 74.5 cm³/mol. The highest BCUT2D eigenvalue weighted by atomic mass is 16.5. The molecule has 0 saturated heterocycles. The molecule has 2 aromatic rings. The summed E-state index contributed by atoms with van der Waals surface area (Å²) in [4.78, 5) is 11.8. The van der Waals surface area contributed by atoms with Crippen LogP contribution in [0, 0.1) is 6.92 Å². The maximum Gasteiger partial charge on any atom is 0.338 e. The first-order chi connectivity index (χ1) is 9.17. The largest absolute Gasteiger partial charge is 0.496 e. The minimum Gasteiger partial charge on any atom is -0.496 e. The summed E-state index contributed by atoms with van der Waals surface area (Å²) < 4.78 is 10.1. The van der Waals surface area contributed by atoms with Gasteiger partial charge in [0, 0.05) is 5.56 Å². The molecule has 0 spiro atoms. The summed E-state index contributed by atoms with van der Waals surface area (Å²) in [6.45, 7) is 1.85. The molecule has 0 amide bonds. The van der Waals surface area contributed by atoms with E-state index in [0.717, 1.165) is 16.7 Å². The Morgan fingerprint density at radius 1 is 1.00 bits per heavy atom. The molecule has 0 heterocycles. The van der Waals surface area contributed by atoms with Crippen LogP contribution < -0.4 is 4.74 Å². The summed E-state index contributed by atoms with van der Waals surface area (Å²) >= 11 is 0. The van der Waals surface area contributed by atoms with Crippen LogP contribution in [-0.2, 0) is 4.74 Å². The third kappa shape index (κ3) is 2.60. The lowest BCUT2D eigenvalue weighted by atomic mass is 9.99. The standard InChI is InChI=1S/C16H16O3/c1-11-14(16(17)19-3)9-13(10-15(11)18-2)12-7-5-4-6-8-12/h4-10H,1-3H3. The van der Waals surface area contributed by atoms with Gasteiger partial charge in [-0.2, -0.15) is 0 Å². The summed E-state index contributed by atoms with van der Waals surface area (Å²) in [6, 6.07) is 13.6. The molecule has 0 saturated carbocycles. The van der Waals surface area contributed by atoms with E-state index in [4.69, 9.17) is 9.47 Å². The zero-order chi connectivity index (χ0) is 13.8. The van der Waals surface area contributed by atoms with Crippen LogP contribution in [0.25, 0.3) is 11.1 Å². The third-order valence-electron chi connectivity index (χ3n) is 3.09. The molecule has 0 aliphatic rings. The minimum absolute atomic E-state index is 0.353. The minimum atomic E-state index is -0.353. The topological polar surface area (TPSA) is 35.5 Å². The molecule has 3 nitrogen and oxygen atoms in total. The molecule has 0 aliphatic carbocycles. The molecule has 0 unspecified atom stereocenters. The van der Waals surface area contributed by atoms with E-state index >= 15 is 0 Å². The number of ether oxygens (including phenoxy) is 2. The lowest BCUT2D eigenvalue weighted by Gasteiger charge is -2.12. The van der Waals surface area contributed by atoms with Crippen molar-refractivity contribution < 1.29 is 14.3 Å². The highest BCUT2D eigenvalue weighted by molar-refractivity contribution is 5.93. The summed E-state index contributed by atoms with van der Waals surface area (Å²) in [6.07, 6.45) is 0. The van der Waals surface area contributed by atoms with Crippen molar-refractivity contribution in [3.05, 3.63) is 53.6 Å². The molecule has 2 aromatic carbocycles. The highest BCUT2D eigenvalue weighted by Crippen LogP contribution is 2.30. The Bertz CT molecular complexity index is 588. The zero-order valence-electron chi connectivity index (χ0n) is 11.3. The number of hydrogen-bond donors (Lipinski definition) is 0. The van der Waals surface area contributed by atoms with E-state index in [-0.39, 0.29) is 5.97 Å². The number of carbonyl (C=O) groups is 1. The smallest absolute Gasteiger partial charge is 0.338 e. The molecule has 0 aliphatic heterocycles. The number of esters is 1. The van der Waals surface area contributed by atoms with Gasteiger partial charge < -0.3 is 9.47 Å². The van der Waals surface area contributed by atoms with E-state index in [0.29, 0.717) is 11.3 Å². The number of hydrogen-bond acceptors (Lipinski definition) is 3. The Hall–Kier alpha value is -2.29. The molecular formula is C16H16O3. The van der Waals surface area contributed by atoms with Crippen LogP contribution in [0.5, 0.6) is 5.75 Å². The first kappa shape index (κ1) is 13.1. The average molecular weight is 256 g/mol. The molecule has 0 fully saturated rings. The van der Waals surface area contributed by atoms with Gasteiger partial charge in [-0.1, -0.05) is 30.3 Å². The molecule has 0 bridgehead atoms. The molecule has 0 atom stereocenters. The Labute approximate surface area is 112 Å². The van der Waals surface area contributed by atoms with E-state index in [2.05, 4.69) is 0 Å². The first-order valence-corrected chi connectivity index (χ1v) is 5.99. The van der Waals surface area contributed by atoms with Crippen molar-refractivity contribution in [1.82, 2.24) is 0 Å². The number of benzene rings is 2. The maximum absolute atomic E-state index is 11.8. The van der Waals surface area contributed by atoms with Gasteiger partial charge in [0.25, 0.3) is 0 Å². The van der Waals surface area contributed by atoms with Crippen LogP contribution >= 0.6 is 0 Å². The molecular weight excluding hydrogens is 240 g/mol. The van der Waals surface area contributed by atoms with E-state index in [9.17, 15) is 4.79 Å². The van der Waals surface area contributed by atoms with Crippen molar-refractivity contribution in [3.63, 3.8) is 0 Å². The van der Waals surface area contributed by atoms with E-state index < -0.39 is 0 Å². The van der Waals surface area contributed by atoms with Crippen molar-refractivity contribution in [2.75, 3.05) is 14.2 Å². The van der Waals surface area contributed by atoms with Crippen LogP contribution in [-0.4, -0.2) is 20.2 Å². The second kappa shape index (κ2) is 5.57. The average Bonchev–Trinajstić information content (AvgIpc) is 2.47. The van der Waals surface area contributed by atoms with Gasteiger partial charge in [-0.15, -0.1) is 0 Å². The molecule has 98 valence electrons. The fourth-order valence-corrected chi connectivity index (χ4v) is 2.02. The Morgan fingerprint density at radius 3 is 2.26 bits per heavy atom. The van der Waals surface area contributed by atoms with Crippen molar-refractivity contribution in [2.45, 2.75) is 6.92 Å². The number of carbonyl (C=O) groups excluding carboxylic acids is 1. The molecule has 3 heteroatoms. The van der Waals surface area contributed by atoms with Crippen LogP contribution in [0.4, 0.5) is 0 Å². The normalized spacial score (nSPS) is 10.1. The maximum atomic E-state index is 11.8. The van der Waals surface area contributed by atoms with Crippen molar-refractivity contribution >= 4 is 5.97 Å². The predicted octanol–water partition coefficient (Wildman–Crippen LogP) is 3.46. The molecule has 19 heavy (non-hydrogen) atoms. The summed E-state index contributed by atoms with van der Waals surface area (Å²) in [5.41, 5.74) is 3.28. The van der Waals surface area contributed by atoms with Gasteiger partial charge in [0.2, 0.25) is 0 Å². The Morgan fingerprint density at radius 2 is 1.68 bits per heavy atom. The van der Waals surface area contributed by atoms with Gasteiger partial charge in [-0.3, -0.25) is 0 Å². The van der Waals surface area contributed by atoms with Gasteiger partial charge in [0.05, 0.1) is 19.8 Å². The van der Waals surface area contributed by atoms with Crippen molar-refractivity contribution in [1.29, 1.82) is 0 Å². The molecule has 0 N–H and O–H groups in total. The van der Waals surface area contributed by atoms with Crippen molar-refractivity contribution in [3.8, 4) is 16.9 Å². The van der Waals surface area contributed by atoms with Crippen LogP contribution in [0.1, 0.15) is 15.9 Å². The van der Waals surface area contributed by atoms with Crippen LogP contribution in [0.3, 0.4) is 0 Å². The van der Waals surface area contributed by atoms with Gasteiger partial charge in [0.15, 0.2) is 0 Å². The zero-order valence-corrected chi connectivity index (χ0v) is 11.3. The fourth-order valence-electron chi connectivity index (χ4n) is 2.02. The van der Waals surface area contributed by atoms with Gasteiger partial charge in [0.1, 0.15) is 5.75 Å². The molecule has 0 radical (unpaired) electrons. The second-order valence-corrected chi connectivity index (χ2v) is 4.21. The number of methoxy groups -OCH3 is 2. The fraction of sp³-hybridized carbons (Fsp3) is 0.188. The van der Waals surface area contributed by atoms with E-state index in [1.807, 2.05) is 49.4 Å². The third-order valence-corrected chi connectivity index (χ3v) is 3.09. The lowest BCUT2D eigenvalue weighted by molar-refractivity contribution is 0.0599. The highest BCUT2D eigenvalue weighted by Gasteiger charge is 2.15. The van der Waals surface area contributed by atoms with Gasteiger partial charge in [-0.05, 0) is 30.2 Å². The van der Waals surface area contributed by atoms with Crippen LogP contribution in [0.2, 0.25) is 0 Å². The molecule has 2 rings (SSSR count). The Balaban J connectivity index is 2.61. The summed E-state index contributed by atoms with van der Waals surface area (Å²) in [5, 5.41) is 0. The van der Waals surface area contributed by atoms with Gasteiger partial charge in [-0.25, -0.2) is 4.79 Å². The van der Waals surface area contributed by atoms with Crippen LogP contribution in [0.15, 0.2) is 42.5 Å². The SMILES string of the molecule is COC(=O)c1cc(-c2ccccc2)cc(OC)c1C. The van der Waals surface area contributed by atoms with Crippen molar-refractivity contribution in [2.24, 2.45) is 0 Å². The van der Waals surface area contributed by atoms with E-state index in [1.54, 1.807) is 7.11 Å². The first-order valence-electron chi connectivity index (χ1n) is 5.99. The van der Waals surface area contributed by atoms with E-state index in [1.165, 1.54) is 7.11 Å². The summed E-state index contributed by atoms with van der Waals surface area (Å²) in [7, 11) is 2.97. The quantitative estimate of drug-likeness (QED) is 0.789. The number of rotatable bonds is 3. The monoisotopic (exact) mass is 256 g/mol.